The quantitative estimate of drug-likeness (QED) is 0.823. The third-order valence-corrected chi connectivity index (χ3v) is 2.85. The predicted octanol–water partition coefficient (Wildman–Crippen LogP) is 1.40. The first-order valence-corrected chi connectivity index (χ1v) is 5.50. The van der Waals surface area contributed by atoms with E-state index in [2.05, 4.69) is 0 Å². The fraction of sp³-hybridized carbons (Fsp3) is 0.800. The van der Waals surface area contributed by atoms with Crippen molar-refractivity contribution >= 4 is 12.0 Å². The molecule has 8 heteroatoms. The van der Waals surface area contributed by atoms with Crippen molar-refractivity contribution in [3.05, 3.63) is 0 Å². The maximum absolute atomic E-state index is 12.5. The number of rotatable bonds is 2. The number of nitrogens with zero attached hydrogens (tertiary/aromatic N) is 2. The maximum atomic E-state index is 12.5. The number of hydrogen-bond acceptors (Lipinski definition) is 2. The molecule has 0 aromatic heterocycles. The molecule has 1 N–H and O–H groups in total. The van der Waals surface area contributed by atoms with Crippen molar-refractivity contribution in [3.8, 4) is 0 Å². The van der Waals surface area contributed by atoms with E-state index in [4.69, 9.17) is 5.11 Å². The molecule has 1 fully saturated rings. The van der Waals surface area contributed by atoms with Crippen molar-refractivity contribution in [1.29, 1.82) is 0 Å². The molecule has 1 unspecified atom stereocenters. The topological polar surface area (TPSA) is 60.9 Å². The lowest BCUT2D eigenvalue weighted by Crippen LogP contribution is -2.49. The zero-order chi connectivity index (χ0) is 13.9. The Balaban J connectivity index is 2.61. The average Bonchev–Trinajstić information content (AvgIpc) is 2.26. The minimum Gasteiger partial charge on any atom is -0.480 e. The summed E-state index contributed by atoms with van der Waals surface area (Å²) in [6.45, 7) is -0.687. The molecule has 18 heavy (non-hydrogen) atoms. The lowest BCUT2D eigenvalue weighted by atomic mass is 9.98. The summed E-state index contributed by atoms with van der Waals surface area (Å²) < 4.78 is 37.6. The number of carbonyl (C=O) groups is 2. The fourth-order valence-electron chi connectivity index (χ4n) is 1.93. The summed E-state index contributed by atoms with van der Waals surface area (Å²) in [5.41, 5.74) is 0. The number of likely N-dealkylation sites (N-methyl/N-ethyl adjacent to an activating group) is 1. The third-order valence-electron chi connectivity index (χ3n) is 2.85. The van der Waals surface area contributed by atoms with Crippen molar-refractivity contribution in [2.24, 2.45) is 5.92 Å². The number of alkyl halides is 3. The van der Waals surface area contributed by atoms with Crippen LogP contribution in [-0.4, -0.2) is 59.8 Å². The Morgan fingerprint density at radius 1 is 1.44 bits per heavy atom. The van der Waals surface area contributed by atoms with Crippen molar-refractivity contribution in [2.45, 2.75) is 19.0 Å². The largest absolute Gasteiger partial charge is 0.480 e. The molecule has 0 aromatic carbocycles. The van der Waals surface area contributed by atoms with Crippen LogP contribution in [0.15, 0.2) is 0 Å². The van der Waals surface area contributed by atoms with E-state index in [0.29, 0.717) is 0 Å². The molecule has 0 aromatic rings. The third kappa shape index (κ3) is 3.78. The number of carboxylic acid groups (broad SMARTS) is 1. The Hall–Kier alpha value is -1.47. The van der Waals surface area contributed by atoms with Crippen LogP contribution in [-0.2, 0) is 4.79 Å². The molecule has 1 atom stereocenters. The highest BCUT2D eigenvalue weighted by Crippen LogP contribution is 2.33. The zero-order valence-electron chi connectivity index (χ0n) is 9.90. The Morgan fingerprint density at radius 3 is 2.56 bits per heavy atom. The Morgan fingerprint density at radius 2 is 2.06 bits per heavy atom. The van der Waals surface area contributed by atoms with Crippen molar-refractivity contribution in [3.63, 3.8) is 0 Å². The van der Waals surface area contributed by atoms with Gasteiger partial charge in [-0.15, -0.1) is 0 Å². The van der Waals surface area contributed by atoms with Gasteiger partial charge in [0.05, 0.1) is 5.92 Å². The average molecular weight is 268 g/mol. The standard InChI is InChI=1S/C10H15F3N2O3/c1-14(6-8(16)17)9(18)15-4-2-3-7(5-15)10(11,12)13/h7H,2-6H2,1H3,(H,16,17). The summed E-state index contributed by atoms with van der Waals surface area (Å²) in [6.07, 6.45) is -4.03. The molecule has 5 nitrogen and oxygen atoms in total. The Kier molecular flexibility index (Phi) is 4.42. The van der Waals surface area contributed by atoms with Crippen LogP contribution in [0.2, 0.25) is 0 Å². The number of carboxylic acids is 1. The molecule has 1 rings (SSSR count). The van der Waals surface area contributed by atoms with Crippen LogP contribution in [0.3, 0.4) is 0 Å². The van der Waals surface area contributed by atoms with E-state index < -0.39 is 37.2 Å². The zero-order valence-corrected chi connectivity index (χ0v) is 9.90. The summed E-state index contributed by atoms with van der Waals surface area (Å²) in [4.78, 5) is 24.1. The molecule has 1 saturated heterocycles. The number of amides is 2. The molecule has 104 valence electrons. The second-order valence-electron chi connectivity index (χ2n) is 4.36. The highest BCUT2D eigenvalue weighted by atomic mass is 19.4. The Labute approximate surface area is 102 Å². The van der Waals surface area contributed by atoms with Crippen molar-refractivity contribution in [2.75, 3.05) is 26.7 Å². The van der Waals surface area contributed by atoms with Gasteiger partial charge in [-0.2, -0.15) is 13.2 Å². The number of halogens is 3. The first-order chi connectivity index (χ1) is 8.21. The molecule has 1 aliphatic heterocycles. The number of carbonyl (C=O) groups excluding carboxylic acids is 1. The summed E-state index contributed by atoms with van der Waals surface area (Å²) in [6, 6.07) is -0.675. The minimum atomic E-state index is -4.32. The molecule has 0 bridgehead atoms. The van der Waals surface area contributed by atoms with Gasteiger partial charge < -0.3 is 14.9 Å². The van der Waals surface area contributed by atoms with Gasteiger partial charge >= 0.3 is 18.2 Å². The number of hydrogen-bond donors (Lipinski definition) is 1. The van der Waals surface area contributed by atoms with Crippen LogP contribution in [0.1, 0.15) is 12.8 Å². The van der Waals surface area contributed by atoms with Crippen LogP contribution in [0.25, 0.3) is 0 Å². The van der Waals surface area contributed by atoms with Gasteiger partial charge in [0.15, 0.2) is 0 Å². The van der Waals surface area contributed by atoms with Crippen LogP contribution in [0.5, 0.6) is 0 Å². The monoisotopic (exact) mass is 268 g/mol. The lowest BCUT2D eigenvalue weighted by Gasteiger charge is -2.35. The van der Waals surface area contributed by atoms with E-state index in [1.165, 1.54) is 7.05 Å². The van der Waals surface area contributed by atoms with Crippen LogP contribution in [0.4, 0.5) is 18.0 Å². The van der Waals surface area contributed by atoms with Gasteiger partial charge in [0.25, 0.3) is 0 Å². The van der Waals surface area contributed by atoms with E-state index in [1.807, 2.05) is 0 Å². The number of likely N-dealkylation sites (tertiary alicyclic amines) is 1. The van der Waals surface area contributed by atoms with Gasteiger partial charge in [-0.1, -0.05) is 0 Å². The van der Waals surface area contributed by atoms with Gasteiger partial charge in [0, 0.05) is 20.1 Å². The lowest BCUT2D eigenvalue weighted by molar-refractivity contribution is -0.184. The van der Waals surface area contributed by atoms with Crippen molar-refractivity contribution in [1.82, 2.24) is 9.80 Å². The first-order valence-electron chi connectivity index (χ1n) is 5.50. The van der Waals surface area contributed by atoms with Crippen LogP contribution in [0, 0.1) is 5.92 Å². The van der Waals surface area contributed by atoms with E-state index in [0.717, 1.165) is 9.80 Å². The summed E-state index contributed by atoms with van der Waals surface area (Å²) in [5.74, 6) is -2.72. The van der Waals surface area contributed by atoms with Gasteiger partial charge in [-0.05, 0) is 12.8 Å². The summed E-state index contributed by atoms with van der Waals surface area (Å²) >= 11 is 0. The van der Waals surface area contributed by atoms with E-state index >= 15 is 0 Å². The van der Waals surface area contributed by atoms with E-state index in [-0.39, 0.29) is 19.4 Å². The predicted molar refractivity (Wildman–Crippen MR) is 56.0 cm³/mol. The van der Waals surface area contributed by atoms with Gasteiger partial charge in [0.1, 0.15) is 6.54 Å². The second-order valence-corrected chi connectivity index (χ2v) is 4.36. The number of aliphatic carboxylic acids is 1. The molecule has 0 spiro atoms. The fourth-order valence-corrected chi connectivity index (χ4v) is 1.93. The highest BCUT2D eigenvalue weighted by molar-refractivity contribution is 5.80. The van der Waals surface area contributed by atoms with E-state index in [9.17, 15) is 22.8 Å². The maximum Gasteiger partial charge on any atom is 0.393 e. The summed E-state index contributed by atoms with van der Waals surface area (Å²) in [5, 5.41) is 8.52. The first kappa shape index (κ1) is 14.6. The smallest absolute Gasteiger partial charge is 0.393 e. The van der Waals surface area contributed by atoms with Crippen LogP contribution >= 0.6 is 0 Å². The highest BCUT2D eigenvalue weighted by Gasteiger charge is 2.43. The molecule has 1 aliphatic rings. The minimum absolute atomic E-state index is 0.00985. The molecule has 0 aliphatic carbocycles. The number of piperidine rings is 1. The molecular weight excluding hydrogens is 253 g/mol. The van der Waals surface area contributed by atoms with Gasteiger partial charge in [-0.3, -0.25) is 4.79 Å². The molecular formula is C10H15F3N2O3. The van der Waals surface area contributed by atoms with E-state index in [1.54, 1.807) is 0 Å². The SMILES string of the molecule is CN(CC(=O)O)C(=O)N1CCCC(C(F)(F)F)C1. The normalized spacial score (nSPS) is 20.7. The molecule has 0 saturated carbocycles. The van der Waals surface area contributed by atoms with Gasteiger partial charge in [-0.25, -0.2) is 4.79 Å². The Bertz CT molecular complexity index is 333. The second kappa shape index (κ2) is 5.45. The van der Waals surface area contributed by atoms with Crippen molar-refractivity contribution < 1.29 is 27.9 Å². The molecule has 1 heterocycles. The van der Waals surface area contributed by atoms with Crippen LogP contribution < -0.4 is 0 Å². The number of urea groups is 1. The van der Waals surface area contributed by atoms with Gasteiger partial charge in [0.2, 0.25) is 0 Å². The molecule has 0 radical (unpaired) electrons. The summed E-state index contributed by atoms with van der Waals surface area (Å²) in [7, 11) is 1.26. The molecule has 2 amide bonds.